The van der Waals surface area contributed by atoms with Gasteiger partial charge in [0.1, 0.15) is 12.3 Å². The third-order valence-corrected chi connectivity index (χ3v) is 4.13. The van der Waals surface area contributed by atoms with Gasteiger partial charge < -0.3 is 15.4 Å². The second-order valence-corrected chi connectivity index (χ2v) is 6.07. The predicted octanol–water partition coefficient (Wildman–Crippen LogP) is 1.48. The number of amides is 3. The highest BCUT2D eigenvalue weighted by Crippen LogP contribution is 2.31. The largest absolute Gasteiger partial charge is 0.482 e. The van der Waals surface area contributed by atoms with E-state index in [9.17, 15) is 14.4 Å². The Kier molecular flexibility index (Phi) is 5.71. The van der Waals surface area contributed by atoms with Crippen LogP contribution in [-0.4, -0.2) is 37.4 Å². The standard InChI is InChI=1S/C20H21N3O4/c1-2-21-20(26)15-7-5-6-14(10-15)11-22-18(24)12-23-16-8-3-4-9-17(16)27-13-19(23)25/h3-10H,2,11-13H2,1H3,(H,21,26)(H,22,24). The molecule has 7 nitrogen and oxygen atoms in total. The molecule has 2 aromatic rings. The number of nitrogens with zero attached hydrogens (tertiary/aromatic N) is 1. The minimum atomic E-state index is -0.288. The van der Waals surface area contributed by atoms with E-state index in [4.69, 9.17) is 4.74 Å². The maximum Gasteiger partial charge on any atom is 0.265 e. The van der Waals surface area contributed by atoms with Crippen LogP contribution in [0.4, 0.5) is 5.69 Å². The fourth-order valence-electron chi connectivity index (χ4n) is 2.81. The monoisotopic (exact) mass is 367 g/mol. The molecule has 1 aliphatic rings. The first-order valence-electron chi connectivity index (χ1n) is 8.74. The highest BCUT2D eigenvalue weighted by molar-refractivity contribution is 6.02. The average Bonchev–Trinajstić information content (AvgIpc) is 2.69. The van der Waals surface area contributed by atoms with E-state index in [-0.39, 0.29) is 37.4 Å². The zero-order valence-corrected chi connectivity index (χ0v) is 15.0. The van der Waals surface area contributed by atoms with Crippen LogP contribution in [0, 0.1) is 0 Å². The maximum atomic E-state index is 12.3. The molecular formula is C20H21N3O4. The molecule has 7 heteroatoms. The number of nitrogens with one attached hydrogen (secondary N) is 2. The number of para-hydroxylation sites is 2. The van der Waals surface area contributed by atoms with E-state index in [1.54, 1.807) is 36.4 Å². The first-order chi connectivity index (χ1) is 13.1. The summed E-state index contributed by atoms with van der Waals surface area (Å²) in [5.74, 6) is -0.119. The molecule has 0 spiro atoms. The molecule has 0 aromatic heterocycles. The molecule has 0 unspecified atom stereocenters. The zero-order chi connectivity index (χ0) is 19.2. The minimum absolute atomic E-state index is 0.0844. The molecule has 1 heterocycles. The lowest BCUT2D eigenvalue weighted by Crippen LogP contribution is -2.45. The van der Waals surface area contributed by atoms with E-state index >= 15 is 0 Å². The van der Waals surface area contributed by atoms with Gasteiger partial charge in [0, 0.05) is 18.7 Å². The summed E-state index contributed by atoms with van der Waals surface area (Å²) in [7, 11) is 0. The lowest BCUT2D eigenvalue weighted by Gasteiger charge is -2.28. The Morgan fingerprint density at radius 1 is 1.11 bits per heavy atom. The van der Waals surface area contributed by atoms with Crippen LogP contribution in [-0.2, 0) is 16.1 Å². The molecule has 0 atom stereocenters. The van der Waals surface area contributed by atoms with Gasteiger partial charge in [-0.1, -0.05) is 24.3 Å². The highest BCUT2D eigenvalue weighted by atomic mass is 16.5. The van der Waals surface area contributed by atoms with Crippen LogP contribution in [0.5, 0.6) is 5.75 Å². The Hall–Kier alpha value is -3.35. The van der Waals surface area contributed by atoms with E-state index < -0.39 is 0 Å². The van der Waals surface area contributed by atoms with E-state index in [1.165, 1.54) is 4.90 Å². The first kappa shape index (κ1) is 18.4. The number of benzene rings is 2. The van der Waals surface area contributed by atoms with Crippen molar-refractivity contribution in [2.24, 2.45) is 0 Å². The second kappa shape index (κ2) is 8.35. The van der Waals surface area contributed by atoms with Gasteiger partial charge in [0.2, 0.25) is 5.91 Å². The van der Waals surface area contributed by atoms with Gasteiger partial charge in [0.25, 0.3) is 11.8 Å². The summed E-state index contributed by atoms with van der Waals surface area (Å²) >= 11 is 0. The smallest absolute Gasteiger partial charge is 0.265 e. The Balaban J connectivity index is 1.61. The minimum Gasteiger partial charge on any atom is -0.482 e. The highest BCUT2D eigenvalue weighted by Gasteiger charge is 2.26. The predicted molar refractivity (Wildman–Crippen MR) is 101 cm³/mol. The van der Waals surface area contributed by atoms with Gasteiger partial charge >= 0.3 is 0 Å². The Morgan fingerprint density at radius 2 is 1.93 bits per heavy atom. The molecule has 140 valence electrons. The summed E-state index contributed by atoms with van der Waals surface area (Å²) in [5.41, 5.74) is 1.93. The van der Waals surface area contributed by atoms with Crippen molar-refractivity contribution in [3.8, 4) is 5.75 Å². The van der Waals surface area contributed by atoms with Gasteiger partial charge in [-0.2, -0.15) is 0 Å². The van der Waals surface area contributed by atoms with Gasteiger partial charge in [0.15, 0.2) is 6.61 Å². The van der Waals surface area contributed by atoms with Crippen LogP contribution in [0.15, 0.2) is 48.5 Å². The van der Waals surface area contributed by atoms with E-state index in [0.29, 0.717) is 23.5 Å². The number of anilines is 1. The number of carbonyl (C=O) groups is 3. The number of fused-ring (bicyclic) bond motifs is 1. The summed E-state index contributed by atoms with van der Waals surface area (Å²) in [4.78, 5) is 37.8. The summed E-state index contributed by atoms with van der Waals surface area (Å²) in [6, 6.07) is 14.2. The van der Waals surface area contributed by atoms with Gasteiger partial charge in [0.05, 0.1) is 5.69 Å². The van der Waals surface area contributed by atoms with Crippen molar-refractivity contribution in [3.63, 3.8) is 0 Å². The third kappa shape index (κ3) is 4.44. The number of ether oxygens (including phenoxy) is 1. The van der Waals surface area contributed by atoms with Crippen molar-refractivity contribution in [2.45, 2.75) is 13.5 Å². The molecule has 0 bridgehead atoms. The third-order valence-electron chi connectivity index (χ3n) is 4.13. The Labute approximate surface area is 157 Å². The molecule has 2 aromatic carbocycles. The van der Waals surface area contributed by atoms with Crippen molar-refractivity contribution in [1.29, 1.82) is 0 Å². The second-order valence-electron chi connectivity index (χ2n) is 6.07. The van der Waals surface area contributed by atoms with Gasteiger partial charge in [-0.05, 0) is 36.8 Å². The summed E-state index contributed by atoms with van der Waals surface area (Å²) < 4.78 is 5.37. The molecule has 0 fully saturated rings. The summed E-state index contributed by atoms with van der Waals surface area (Å²) in [6.07, 6.45) is 0. The number of hydrogen-bond donors (Lipinski definition) is 2. The summed E-state index contributed by atoms with van der Waals surface area (Å²) in [5, 5.41) is 5.53. The quantitative estimate of drug-likeness (QED) is 0.810. The lowest BCUT2D eigenvalue weighted by molar-refractivity contribution is -0.125. The maximum absolute atomic E-state index is 12.3. The van der Waals surface area contributed by atoms with Gasteiger partial charge in [-0.3, -0.25) is 19.3 Å². The Morgan fingerprint density at radius 3 is 2.74 bits per heavy atom. The van der Waals surface area contributed by atoms with Crippen molar-refractivity contribution in [3.05, 3.63) is 59.7 Å². The van der Waals surface area contributed by atoms with Crippen molar-refractivity contribution < 1.29 is 19.1 Å². The average molecular weight is 367 g/mol. The van der Waals surface area contributed by atoms with Gasteiger partial charge in [-0.25, -0.2) is 0 Å². The molecule has 0 radical (unpaired) electrons. The lowest BCUT2D eigenvalue weighted by atomic mass is 10.1. The molecule has 0 saturated heterocycles. The molecule has 0 aliphatic carbocycles. The van der Waals surface area contributed by atoms with Crippen LogP contribution >= 0.6 is 0 Å². The molecule has 3 amide bonds. The van der Waals surface area contributed by atoms with Crippen LogP contribution < -0.4 is 20.3 Å². The molecule has 0 saturated carbocycles. The molecule has 2 N–H and O–H groups in total. The fraction of sp³-hybridized carbons (Fsp3) is 0.250. The van der Waals surface area contributed by atoms with E-state index in [0.717, 1.165) is 5.56 Å². The van der Waals surface area contributed by atoms with E-state index in [2.05, 4.69) is 10.6 Å². The Bertz CT molecular complexity index is 866. The first-order valence-corrected chi connectivity index (χ1v) is 8.74. The van der Waals surface area contributed by atoms with Gasteiger partial charge in [-0.15, -0.1) is 0 Å². The number of rotatable bonds is 6. The number of carbonyl (C=O) groups excluding carboxylic acids is 3. The molecule has 3 rings (SSSR count). The fourth-order valence-corrected chi connectivity index (χ4v) is 2.81. The van der Waals surface area contributed by atoms with Crippen LogP contribution in [0.3, 0.4) is 0 Å². The SMILES string of the molecule is CCNC(=O)c1cccc(CNC(=O)CN2C(=O)COc3ccccc32)c1. The van der Waals surface area contributed by atoms with Crippen LogP contribution in [0.25, 0.3) is 0 Å². The van der Waals surface area contributed by atoms with Crippen LogP contribution in [0.1, 0.15) is 22.8 Å². The van der Waals surface area contributed by atoms with Crippen molar-refractivity contribution in [1.82, 2.24) is 10.6 Å². The molecule has 27 heavy (non-hydrogen) atoms. The van der Waals surface area contributed by atoms with Crippen molar-refractivity contribution in [2.75, 3.05) is 24.6 Å². The number of hydrogen-bond acceptors (Lipinski definition) is 4. The zero-order valence-electron chi connectivity index (χ0n) is 15.0. The van der Waals surface area contributed by atoms with Crippen LogP contribution in [0.2, 0.25) is 0 Å². The van der Waals surface area contributed by atoms with Crippen molar-refractivity contribution >= 4 is 23.4 Å². The van der Waals surface area contributed by atoms with E-state index in [1.807, 2.05) is 19.1 Å². The molecular weight excluding hydrogens is 346 g/mol. The molecule has 1 aliphatic heterocycles. The summed E-state index contributed by atoms with van der Waals surface area (Å²) in [6.45, 7) is 2.50. The normalized spacial score (nSPS) is 12.8. The topological polar surface area (TPSA) is 87.7 Å².